The summed E-state index contributed by atoms with van der Waals surface area (Å²) in [5.74, 6) is 0.371. The van der Waals surface area contributed by atoms with E-state index >= 15 is 0 Å². The van der Waals surface area contributed by atoms with Gasteiger partial charge in [0.2, 0.25) is 5.88 Å². The summed E-state index contributed by atoms with van der Waals surface area (Å²) in [6.45, 7) is 5.14. The Labute approximate surface area is 82.6 Å². The fourth-order valence-electron chi connectivity index (χ4n) is 0.781. The average Bonchev–Trinajstić information content (AvgIpc) is 2.15. The normalized spacial score (nSPS) is 9.36. The molecule has 14 heavy (non-hydrogen) atoms. The van der Waals surface area contributed by atoms with E-state index in [0.29, 0.717) is 11.4 Å². The van der Waals surface area contributed by atoms with E-state index in [2.05, 4.69) is 10.1 Å². The van der Waals surface area contributed by atoms with Crippen LogP contribution in [0.15, 0.2) is 23.5 Å². The highest BCUT2D eigenvalue weighted by Gasteiger charge is 2.00. The van der Waals surface area contributed by atoms with E-state index in [-0.39, 0.29) is 5.78 Å². The Kier molecular flexibility index (Phi) is 3.34. The smallest absolute Gasteiger partial charge is 0.248 e. The van der Waals surface area contributed by atoms with Crippen LogP contribution in [0.25, 0.3) is 0 Å². The van der Waals surface area contributed by atoms with Crippen LogP contribution in [-0.4, -0.2) is 16.5 Å². The maximum atomic E-state index is 10.9. The highest BCUT2D eigenvalue weighted by atomic mass is 16.6. The van der Waals surface area contributed by atoms with Crippen LogP contribution in [0.2, 0.25) is 0 Å². The van der Waals surface area contributed by atoms with Gasteiger partial charge in [-0.1, -0.05) is 5.16 Å². The third-order valence-electron chi connectivity index (χ3n) is 1.46. The van der Waals surface area contributed by atoms with Gasteiger partial charge in [-0.3, -0.25) is 4.79 Å². The van der Waals surface area contributed by atoms with Gasteiger partial charge in [-0.05, 0) is 26.8 Å². The van der Waals surface area contributed by atoms with Crippen LogP contribution >= 0.6 is 0 Å². The number of ketones is 1. The molecule has 0 radical (unpaired) electrons. The van der Waals surface area contributed by atoms with Crippen LogP contribution < -0.4 is 4.84 Å². The molecule has 0 bridgehead atoms. The van der Waals surface area contributed by atoms with Crippen LogP contribution in [0, 0.1) is 0 Å². The molecule has 0 saturated heterocycles. The second-order valence-electron chi connectivity index (χ2n) is 3.07. The third-order valence-corrected chi connectivity index (χ3v) is 1.46. The molecule has 0 spiro atoms. The third kappa shape index (κ3) is 2.97. The molecule has 0 amide bonds. The zero-order valence-electron chi connectivity index (χ0n) is 8.44. The SMILES string of the molecule is CC(=O)c1ccc(ON=C(C)C)nc1. The fourth-order valence-corrected chi connectivity index (χ4v) is 0.781. The summed E-state index contributed by atoms with van der Waals surface area (Å²) in [5, 5.41) is 3.74. The quantitative estimate of drug-likeness (QED) is 0.418. The summed E-state index contributed by atoms with van der Waals surface area (Å²) < 4.78 is 0. The molecular weight excluding hydrogens is 180 g/mol. The van der Waals surface area contributed by atoms with Gasteiger partial charge in [0.1, 0.15) is 0 Å². The number of rotatable bonds is 3. The number of hydrogen-bond donors (Lipinski definition) is 0. The molecule has 74 valence electrons. The first kappa shape index (κ1) is 10.4. The maximum absolute atomic E-state index is 10.9. The van der Waals surface area contributed by atoms with Crippen LogP contribution in [0.1, 0.15) is 31.1 Å². The van der Waals surface area contributed by atoms with Gasteiger partial charge in [-0.15, -0.1) is 0 Å². The second-order valence-corrected chi connectivity index (χ2v) is 3.07. The van der Waals surface area contributed by atoms with Crippen LogP contribution in [0.4, 0.5) is 0 Å². The Morgan fingerprint density at radius 2 is 2.07 bits per heavy atom. The fraction of sp³-hybridized carbons (Fsp3) is 0.300. The Hall–Kier alpha value is -1.71. The Morgan fingerprint density at radius 3 is 2.50 bits per heavy atom. The lowest BCUT2D eigenvalue weighted by molar-refractivity contribution is 0.101. The minimum absolute atomic E-state index is 0.0146. The van der Waals surface area contributed by atoms with Crippen molar-refractivity contribution in [2.24, 2.45) is 5.16 Å². The number of pyridine rings is 1. The van der Waals surface area contributed by atoms with Crippen LogP contribution in [0.5, 0.6) is 5.88 Å². The van der Waals surface area contributed by atoms with E-state index < -0.39 is 0 Å². The zero-order chi connectivity index (χ0) is 10.6. The molecule has 1 aromatic heterocycles. The van der Waals surface area contributed by atoms with Crippen molar-refractivity contribution in [1.82, 2.24) is 4.98 Å². The number of carbonyl (C=O) groups excluding carboxylic acids is 1. The van der Waals surface area contributed by atoms with Crippen LogP contribution in [-0.2, 0) is 0 Å². The topological polar surface area (TPSA) is 51.5 Å². The van der Waals surface area contributed by atoms with E-state index in [1.807, 2.05) is 13.8 Å². The molecule has 1 rings (SSSR count). The second kappa shape index (κ2) is 4.50. The van der Waals surface area contributed by atoms with Gasteiger partial charge in [0.05, 0.1) is 5.71 Å². The van der Waals surface area contributed by atoms with Crippen LogP contribution in [0.3, 0.4) is 0 Å². The first-order valence-corrected chi connectivity index (χ1v) is 4.25. The minimum Gasteiger partial charge on any atom is -0.337 e. The Bertz CT molecular complexity index is 351. The summed E-state index contributed by atoms with van der Waals surface area (Å²) in [4.78, 5) is 19.8. The van der Waals surface area contributed by atoms with Crippen molar-refractivity contribution < 1.29 is 9.63 Å². The maximum Gasteiger partial charge on any atom is 0.248 e. The predicted molar refractivity (Wildman–Crippen MR) is 53.7 cm³/mol. The number of oxime groups is 1. The monoisotopic (exact) mass is 192 g/mol. The molecule has 1 aromatic rings. The largest absolute Gasteiger partial charge is 0.337 e. The number of carbonyl (C=O) groups is 1. The molecule has 0 aliphatic rings. The van der Waals surface area contributed by atoms with Gasteiger partial charge >= 0.3 is 0 Å². The average molecular weight is 192 g/mol. The molecule has 0 saturated carbocycles. The number of nitrogens with zero attached hydrogens (tertiary/aromatic N) is 2. The molecule has 0 aromatic carbocycles. The molecule has 0 atom stereocenters. The van der Waals surface area contributed by atoms with E-state index in [1.54, 1.807) is 12.1 Å². The van der Waals surface area contributed by atoms with Crippen molar-refractivity contribution in [3.05, 3.63) is 23.9 Å². The summed E-state index contributed by atoms with van der Waals surface area (Å²) in [6, 6.07) is 3.27. The van der Waals surface area contributed by atoms with E-state index in [1.165, 1.54) is 13.1 Å². The summed E-state index contributed by atoms with van der Waals surface area (Å²) in [6.07, 6.45) is 1.47. The number of aromatic nitrogens is 1. The van der Waals surface area contributed by atoms with Crippen molar-refractivity contribution in [3.63, 3.8) is 0 Å². The van der Waals surface area contributed by atoms with E-state index in [4.69, 9.17) is 4.84 Å². The van der Waals surface area contributed by atoms with Crippen molar-refractivity contribution in [3.8, 4) is 5.88 Å². The standard InChI is InChI=1S/C10H12N2O2/c1-7(2)12-14-10-5-4-9(6-11-10)8(3)13/h4-6H,1-3H3. The Morgan fingerprint density at radius 1 is 1.36 bits per heavy atom. The molecule has 4 nitrogen and oxygen atoms in total. The lowest BCUT2D eigenvalue weighted by atomic mass is 10.2. The molecule has 0 unspecified atom stereocenters. The van der Waals surface area contributed by atoms with Crippen molar-refractivity contribution in [1.29, 1.82) is 0 Å². The van der Waals surface area contributed by atoms with Gasteiger partial charge in [-0.25, -0.2) is 4.98 Å². The molecule has 0 N–H and O–H groups in total. The van der Waals surface area contributed by atoms with E-state index in [0.717, 1.165) is 5.71 Å². The number of hydrogen-bond acceptors (Lipinski definition) is 4. The Balaban J connectivity index is 2.74. The summed E-state index contributed by atoms with van der Waals surface area (Å²) >= 11 is 0. The van der Waals surface area contributed by atoms with Gasteiger partial charge in [0.25, 0.3) is 0 Å². The lowest BCUT2D eigenvalue weighted by Gasteiger charge is -1.98. The van der Waals surface area contributed by atoms with E-state index in [9.17, 15) is 4.79 Å². The summed E-state index contributed by atoms with van der Waals surface area (Å²) in [7, 11) is 0. The van der Waals surface area contributed by atoms with Gasteiger partial charge in [0, 0.05) is 17.8 Å². The zero-order valence-corrected chi connectivity index (χ0v) is 8.44. The lowest BCUT2D eigenvalue weighted by Crippen LogP contribution is -1.95. The van der Waals surface area contributed by atoms with Crippen molar-refractivity contribution >= 4 is 11.5 Å². The summed E-state index contributed by atoms with van der Waals surface area (Å²) in [5.41, 5.74) is 1.37. The highest BCUT2D eigenvalue weighted by molar-refractivity contribution is 5.93. The number of Topliss-reactive ketones (excluding diaryl/α,β-unsaturated/α-hetero) is 1. The first-order valence-electron chi connectivity index (χ1n) is 4.25. The van der Waals surface area contributed by atoms with Crippen molar-refractivity contribution in [2.75, 3.05) is 0 Å². The first-order chi connectivity index (χ1) is 6.59. The molecule has 0 aliphatic heterocycles. The van der Waals surface area contributed by atoms with Gasteiger partial charge in [0.15, 0.2) is 5.78 Å². The van der Waals surface area contributed by atoms with Crippen molar-refractivity contribution in [2.45, 2.75) is 20.8 Å². The highest BCUT2D eigenvalue weighted by Crippen LogP contribution is 2.08. The van der Waals surface area contributed by atoms with Gasteiger partial charge < -0.3 is 4.84 Å². The molecule has 0 fully saturated rings. The predicted octanol–water partition coefficient (Wildman–Crippen LogP) is 2.06. The van der Waals surface area contributed by atoms with Gasteiger partial charge in [-0.2, -0.15) is 0 Å². The minimum atomic E-state index is -0.0146. The molecule has 0 aliphatic carbocycles. The molecule has 1 heterocycles. The molecule has 4 heteroatoms. The molecular formula is C10H12N2O2.